The van der Waals surface area contributed by atoms with Gasteiger partial charge in [0.2, 0.25) is 5.91 Å². The summed E-state index contributed by atoms with van der Waals surface area (Å²) in [7, 11) is -4.35. The zero-order chi connectivity index (χ0) is 33.3. The Kier molecular flexibility index (Phi) is 31.0. The van der Waals surface area contributed by atoms with Crippen LogP contribution in [0.25, 0.3) is 0 Å². The van der Waals surface area contributed by atoms with Crippen molar-refractivity contribution in [1.29, 1.82) is 0 Å². The van der Waals surface area contributed by atoms with Crippen LogP contribution in [0, 0.1) is 0 Å². The van der Waals surface area contributed by atoms with Gasteiger partial charge in [0, 0.05) is 6.42 Å². The number of rotatable bonds is 32. The molecule has 0 saturated carbocycles. The molecule has 7 heteroatoms. The third-order valence-corrected chi connectivity index (χ3v) is 8.76. The molecule has 1 amide bonds. The van der Waals surface area contributed by atoms with Gasteiger partial charge in [-0.2, -0.15) is 8.42 Å². The van der Waals surface area contributed by atoms with Crippen LogP contribution < -0.4 is 5.32 Å². The average Bonchev–Trinajstić information content (AvgIpc) is 3.00. The van der Waals surface area contributed by atoms with Crippen LogP contribution in [-0.2, 0) is 14.9 Å². The molecule has 0 rings (SSSR count). The topological polar surface area (TPSA) is 104 Å². The van der Waals surface area contributed by atoms with Crippen molar-refractivity contribution < 1.29 is 22.9 Å². The van der Waals surface area contributed by atoms with Crippen molar-refractivity contribution in [2.45, 2.75) is 180 Å². The quantitative estimate of drug-likeness (QED) is 0.0381. The summed E-state index contributed by atoms with van der Waals surface area (Å²) in [5, 5.41) is 13.1. The Balaban J connectivity index is 4.08. The molecule has 262 valence electrons. The lowest BCUT2D eigenvalue weighted by atomic mass is 10.1. The minimum absolute atomic E-state index is 0.271. The van der Waals surface area contributed by atoms with Gasteiger partial charge >= 0.3 is 0 Å². The van der Waals surface area contributed by atoms with Gasteiger partial charge in [0.1, 0.15) is 0 Å². The number of hydrogen-bond donors (Lipinski definition) is 3. The fourth-order valence-corrected chi connectivity index (χ4v) is 5.93. The number of carbonyl (C=O) groups is 1. The fraction of sp³-hybridized carbons (Fsp3) is 0.763. The van der Waals surface area contributed by atoms with Crippen molar-refractivity contribution in [3.05, 3.63) is 48.6 Å². The molecule has 0 radical (unpaired) electrons. The maximum absolute atomic E-state index is 12.4. The Hall–Kier alpha value is -1.70. The third kappa shape index (κ3) is 33.5. The molecule has 2 atom stereocenters. The van der Waals surface area contributed by atoms with E-state index in [2.05, 4.69) is 55.6 Å². The van der Waals surface area contributed by atoms with E-state index < -0.39 is 28.0 Å². The van der Waals surface area contributed by atoms with Crippen LogP contribution in [0.15, 0.2) is 48.6 Å². The van der Waals surface area contributed by atoms with Crippen molar-refractivity contribution in [3.63, 3.8) is 0 Å². The van der Waals surface area contributed by atoms with E-state index in [4.69, 9.17) is 0 Å². The second kappa shape index (κ2) is 32.2. The van der Waals surface area contributed by atoms with Crippen LogP contribution in [0.5, 0.6) is 0 Å². The molecule has 0 aliphatic heterocycles. The molecule has 45 heavy (non-hydrogen) atoms. The van der Waals surface area contributed by atoms with E-state index in [1.807, 2.05) is 0 Å². The highest BCUT2D eigenvalue weighted by atomic mass is 32.2. The third-order valence-electron chi connectivity index (χ3n) is 7.98. The van der Waals surface area contributed by atoms with Crippen molar-refractivity contribution in [2.24, 2.45) is 0 Å². The Morgan fingerprint density at radius 2 is 1.02 bits per heavy atom. The van der Waals surface area contributed by atoms with Crippen LogP contribution >= 0.6 is 0 Å². The second-order valence-corrected chi connectivity index (χ2v) is 14.0. The molecule has 2 unspecified atom stereocenters. The summed E-state index contributed by atoms with van der Waals surface area (Å²) in [5.41, 5.74) is 0. The predicted molar refractivity (Wildman–Crippen MR) is 193 cm³/mol. The molecule has 0 fully saturated rings. The number of aliphatic hydroxyl groups excluding tert-OH is 1. The van der Waals surface area contributed by atoms with Gasteiger partial charge in [0.15, 0.2) is 0 Å². The summed E-state index contributed by atoms with van der Waals surface area (Å²) in [5.74, 6) is -1.02. The maximum Gasteiger partial charge on any atom is 0.267 e. The molecule has 0 bridgehead atoms. The lowest BCUT2D eigenvalue weighted by Crippen LogP contribution is -2.46. The van der Waals surface area contributed by atoms with Gasteiger partial charge < -0.3 is 10.4 Å². The largest absolute Gasteiger partial charge is 0.387 e. The standard InChI is InChI=1S/C38H69NO5S/c1-3-5-7-9-11-13-15-17-19-20-22-24-26-28-30-32-34-38(41)39-36(35-45(42,43)44)37(40)33-31-29-27-25-23-21-18-16-14-12-10-8-6-4-2/h13,15,19-20,23,25,31,33,36-37,40H,3-12,14,16-18,21-22,24,26-30,32,34-35H2,1-2H3,(H,39,41)(H,42,43,44)/b15-13-,20-19-,25-23+,33-31+. The Morgan fingerprint density at radius 1 is 0.600 bits per heavy atom. The van der Waals surface area contributed by atoms with E-state index >= 15 is 0 Å². The summed E-state index contributed by atoms with van der Waals surface area (Å²) < 4.78 is 32.3. The van der Waals surface area contributed by atoms with Crippen LogP contribution in [0.3, 0.4) is 0 Å². The van der Waals surface area contributed by atoms with Gasteiger partial charge in [-0.05, 0) is 64.2 Å². The van der Waals surface area contributed by atoms with Gasteiger partial charge in [-0.25, -0.2) is 0 Å². The number of allylic oxidation sites excluding steroid dienone is 7. The zero-order valence-electron chi connectivity index (χ0n) is 29.0. The van der Waals surface area contributed by atoms with E-state index in [-0.39, 0.29) is 12.3 Å². The minimum Gasteiger partial charge on any atom is -0.387 e. The van der Waals surface area contributed by atoms with Crippen molar-refractivity contribution >= 4 is 16.0 Å². The van der Waals surface area contributed by atoms with E-state index in [9.17, 15) is 22.9 Å². The Labute approximate surface area is 278 Å². The molecular formula is C38H69NO5S. The highest BCUT2D eigenvalue weighted by Crippen LogP contribution is 2.11. The zero-order valence-corrected chi connectivity index (χ0v) is 29.8. The highest BCUT2D eigenvalue weighted by Gasteiger charge is 2.24. The number of unbranched alkanes of at least 4 members (excludes halogenated alkanes) is 18. The summed E-state index contributed by atoms with van der Waals surface area (Å²) in [4.78, 5) is 12.4. The van der Waals surface area contributed by atoms with Crippen molar-refractivity contribution in [3.8, 4) is 0 Å². The van der Waals surface area contributed by atoms with Gasteiger partial charge in [-0.3, -0.25) is 9.35 Å². The predicted octanol–water partition coefficient (Wildman–Crippen LogP) is 10.3. The summed E-state index contributed by atoms with van der Waals surface area (Å²) in [6.45, 7) is 4.48. The molecule has 0 aromatic heterocycles. The van der Waals surface area contributed by atoms with E-state index in [0.29, 0.717) is 12.8 Å². The molecule has 0 spiro atoms. The van der Waals surface area contributed by atoms with E-state index in [0.717, 1.165) is 51.4 Å². The SMILES string of the molecule is CCCCCC/C=C\C/C=C\CCCCCCCC(=O)NC(CS(=O)(=O)O)C(O)/C=C/CC/C=C/CCCCCCCCCC. The Bertz CT molecular complexity index is 894. The number of aliphatic hydroxyl groups is 1. The monoisotopic (exact) mass is 651 g/mol. The van der Waals surface area contributed by atoms with Gasteiger partial charge in [-0.1, -0.05) is 146 Å². The summed E-state index contributed by atoms with van der Waals surface area (Å²) >= 11 is 0. The highest BCUT2D eigenvalue weighted by molar-refractivity contribution is 7.85. The number of amides is 1. The van der Waals surface area contributed by atoms with Gasteiger partial charge in [0.05, 0.1) is 17.9 Å². The molecule has 0 heterocycles. The molecule has 0 aromatic rings. The first kappa shape index (κ1) is 43.3. The van der Waals surface area contributed by atoms with Crippen LogP contribution in [0.4, 0.5) is 0 Å². The molecule has 6 nitrogen and oxygen atoms in total. The van der Waals surface area contributed by atoms with Crippen molar-refractivity contribution in [1.82, 2.24) is 5.32 Å². The number of hydrogen-bond acceptors (Lipinski definition) is 4. The summed E-state index contributed by atoms with van der Waals surface area (Å²) in [6.07, 6.45) is 42.3. The lowest BCUT2D eigenvalue weighted by molar-refractivity contribution is -0.122. The van der Waals surface area contributed by atoms with E-state index in [1.54, 1.807) is 6.08 Å². The molecule has 0 aromatic carbocycles. The average molecular weight is 652 g/mol. The smallest absolute Gasteiger partial charge is 0.267 e. The Morgan fingerprint density at radius 3 is 1.56 bits per heavy atom. The minimum atomic E-state index is -4.35. The van der Waals surface area contributed by atoms with Crippen molar-refractivity contribution in [2.75, 3.05) is 5.75 Å². The molecule has 0 aliphatic rings. The van der Waals surface area contributed by atoms with Crippen LogP contribution in [-0.4, -0.2) is 41.9 Å². The first-order valence-corrected chi connectivity index (χ1v) is 19.9. The van der Waals surface area contributed by atoms with Crippen LogP contribution in [0.1, 0.15) is 168 Å². The number of carbonyl (C=O) groups excluding carboxylic acids is 1. The second-order valence-electron chi connectivity index (χ2n) is 12.5. The van der Waals surface area contributed by atoms with Gasteiger partial charge in [0.25, 0.3) is 10.1 Å². The summed E-state index contributed by atoms with van der Waals surface area (Å²) in [6, 6.07) is -1.08. The molecule has 3 N–H and O–H groups in total. The van der Waals surface area contributed by atoms with Crippen LogP contribution in [0.2, 0.25) is 0 Å². The first-order chi connectivity index (χ1) is 21.8. The first-order valence-electron chi connectivity index (χ1n) is 18.3. The maximum atomic E-state index is 12.4. The fourth-order valence-electron chi connectivity index (χ4n) is 5.20. The molecular weight excluding hydrogens is 582 g/mol. The van der Waals surface area contributed by atoms with Gasteiger partial charge in [-0.15, -0.1) is 0 Å². The van der Waals surface area contributed by atoms with E-state index in [1.165, 1.54) is 89.5 Å². The lowest BCUT2D eigenvalue weighted by Gasteiger charge is -2.21. The number of nitrogens with one attached hydrogen (secondary N) is 1. The normalized spacial score (nSPS) is 14.0. The molecule has 0 aliphatic carbocycles. The molecule has 0 saturated heterocycles.